The summed E-state index contributed by atoms with van der Waals surface area (Å²) >= 11 is 0. The van der Waals surface area contributed by atoms with Gasteiger partial charge in [-0.2, -0.15) is 0 Å². The van der Waals surface area contributed by atoms with Gasteiger partial charge in [0.2, 0.25) is 0 Å². The van der Waals surface area contributed by atoms with E-state index < -0.39 is 11.5 Å². The van der Waals surface area contributed by atoms with Crippen LogP contribution in [-0.2, 0) is 19.1 Å². The summed E-state index contributed by atoms with van der Waals surface area (Å²) in [5.41, 5.74) is 2.62. The zero-order valence-corrected chi connectivity index (χ0v) is 18.5. The highest BCUT2D eigenvalue weighted by molar-refractivity contribution is 6.09. The summed E-state index contributed by atoms with van der Waals surface area (Å²) in [4.78, 5) is 26.7. The van der Waals surface area contributed by atoms with Crippen molar-refractivity contribution in [2.45, 2.75) is 53.1 Å². The molecule has 1 atom stereocenters. The van der Waals surface area contributed by atoms with Crippen molar-refractivity contribution in [2.24, 2.45) is 5.41 Å². The van der Waals surface area contributed by atoms with Gasteiger partial charge in [0.15, 0.2) is 11.6 Å². The van der Waals surface area contributed by atoms with Gasteiger partial charge in [-0.1, -0.05) is 53.6 Å². The number of carbonyl (C=O) groups is 2. The van der Waals surface area contributed by atoms with Gasteiger partial charge < -0.3 is 9.47 Å². The van der Waals surface area contributed by atoms with Crippen LogP contribution in [0.4, 0.5) is 0 Å². The molecule has 2 aliphatic rings. The second kappa shape index (κ2) is 8.86. The third-order valence-corrected chi connectivity index (χ3v) is 5.66. The summed E-state index contributed by atoms with van der Waals surface area (Å²) in [6.07, 6.45) is 6.32. The third-order valence-electron chi connectivity index (χ3n) is 5.66. The Balaban J connectivity index is 2.18. The molecule has 0 N–H and O–H groups in total. The minimum absolute atomic E-state index is 0.0514. The average molecular weight is 407 g/mol. The van der Waals surface area contributed by atoms with E-state index in [-0.39, 0.29) is 18.0 Å². The quantitative estimate of drug-likeness (QED) is 0.562. The van der Waals surface area contributed by atoms with Gasteiger partial charge in [-0.3, -0.25) is 9.59 Å². The molecule has 0 spiro atoms. The Morgan fingerprint density at radius 1 is 1.07 bits per heavy atom. The van der Waals surface area contributed by atoms with Gasteiger partial charge >= 0.3 is 0 Å². The van der Waals surface area contributed by atoms with E-state index in [2.05, 4.69) is 0 Å². The molecule has 30 heavy (non-hydrogen) atoms. The van der Waals surface area contributed by atoms with Crippen LogP contribution in [0.2, 0.25) is 0 Å². The summed E-state index contributed by atoms with van der Waals surface area (Å²) in [5.74, 6) is 0.613. The van der Waals surface area contributed by atoms with Crippen LogP contribution in [0.1, 0.15) is 58.6 Å². The zero-order chi connectivity index (χ0) is 21.9. The van der Waals surface area contributed by atoms with Crippen LogP contribution in [0.3, 0.4) is 0 Å². The molecule has 0 fully saturated rings. The van der Waals surface area contributed by atoms with Gasteiger partial charge in [0, 0.05) is 6.08 Å². The molecule has 4 heteroatoms. The van der Waals surface area contributed by atoms with Crippen LogP contribution >= 0.6 is 0 Å². The Kier molecular flexibility index (Phi) is 6.45. The van der Waals surface area contributed by atoms with E-state index >= 15 is 0 Å². The molecule has 3 rings (SSSR count). The first kappa shape index (κ1) is 21.8. The Hall–Kier alpha value is -2.88. The van der Waals surface area contributed by atoms with Gasteiger partial charge in [0.05, 0.1) is 24.5 Å². The molecular weight excluding hydrogens is 376 g/mol. The molecule has 0 radical (unpaired) electrons. The van der Waals surface area contributed by atoms with Crippen LogP contribution in [-0.4, -0.2) is 18.7 Å². The smallest absolute Gasteiger partial charge is 0.174 e. The SMILES string of the molecule is COC1=CC(=O)C(CC=C(C)C)(CC=C(C)C)C2=C1C(=O)CC(c1ccccc1)O2. The molecule has 1 heterocycles. The molecule has 0 bridgehead atoms. The fourth-order valence-electron chi connectivity index (χ4n) is 3.92. The summed E-state index contributed by atoms with van der Waals surface area (Å²) in [5, 5.41) is 0. The Morgan fingerprint density at radius 2 is 1.67 bits per heavy atom. The first-order chi connectivity index (χ1) is 14.3. The van der Waals surface area contributed by atoms with Crippen molar-refractivity contribution in [3.8, 4) is 0 Å². The minimum atomic E-state index is -0.949. The van der Waals surface area contributed by atoms with Gasteiger partial charge in [-0.25, -0.2) is 0 Å². The van der Waals surface area contributed by atoms with Crippen molar-refractivity contribution in [3.05, 3.63) is 82.4 Å². The molecule has 0 aromatic heterocycles. The number of Topliss-reactive ketones (excluding diaryl/α,β-unsaturated/α-hetero) is 1. The lowest BCUT2D eigenvalue weighted by atomic mass is 9.68. The van der Waals surface area contributed by atoms with Crippen molar-refractivity contribution in [1.29, 1.82) is 0 Å². The standard InChI is InChI=1S/C26H30O4/c1-17(2)11-13-26(14-12-18(3)4)23(28)16-22(29-5)24-20(27)15-21(30-25(24)26)19-9-7-6-8-10-19/h6-12,16,21H,13-15H2,1-5H3. The number of hydrogen-bond donors (Lipinski definition) is 0. The molecule has 1 aromatic rings. The molecule has 158 valence electrons. The Morgan fingerprint density at radius 3 is 2.20 bits per heavy atom. The summed E-state index contributed by atoms with van der Waals surface area (Å²) < 4.78 is 11.9. The lowest BCUT2D eigenvalue weighted by molar-refractivity contribution is -0.128. The highest BCUT2D eigenvalue weighted by Crippen LogP contribution is 2.50. The fraction of sp³-hybridized carbons (Fsp3) is 0.385. The molecule has 0 saturated heterocycles. The van der Waals surface area contributed by atoms with Gasteiger partial charge in [0.1, 0.15) is 17.6 Å². The molecule has 0 amide bonds. The van der Waals surface area contributed by atoms with E-state index in [9.17, 15) is 9.59 Å². The summed E-state index contributed by atoms with van der Waals surface area (Å²) in [6.45, 7) is 8.03. The number of methoxy groups -OCH3 is 1. The lowest BCUT2D eigenvalue weighted by Gasteiger charge is -2.41. The highest BCUT2D eigenvalue weighted by atomic mass is 16.5. The molecule has 1 unspecified atom stereocenters. The van der Waals surface area contributed by atoms with Crippen molar-refractivity contribution in [1.82, 2.24) is 0 Å². The zero-order valence-electron chi connectivity index (χ0n) is 18.5. The van der Waals surface area contributed by atoms with E-state index in [0.29, 0.717) is 29.9 Å². The number of carbonyl (C=O) groups excluding carboxylic acids is 2. The van der Waals surface area contributed by atoms with E-state index in [1.807, 2.05) is 70.2 Å². The second-order valence-electron chi connectivity index (χ2n) is 8.48. The van der Waals surface area contributed by atoms with Crippen molar-refractivity contribution >= 4 is 11.6 Å². The average Bonchev–Trinajstić information content (AvgIpc) is 2.72. The van der Waals surface area contributed by atoms with E-state index in [1.54, 1.807) is 0 Å². The Bertz CT molecular complexity index is 932. The highest BCUT2D eigenvalue weighted by Gasteiger charge is 2.50. The number of hydrogen-bond acceptors (Lipinski definition) is 4. The molecule has 0 saturated carbocycles. The van der Waals surface area contributed by atoms with Crippen LogP contribution in [0.15, 0.2) is 76.8 Å². The predicted octanol–water partition coefficient (Wildman–Crippen LogP) is 5.78. The number of ether oxygens (including phenoxy) is 2. The van der Waals surface area contributed by atoms with Crippen LogP contribution in [0.25, 0.3) is 0 Å². The molecule has 4 nitrogen and oxygen atoms in total. The van der Waals surface area contributed by atoms with Crippen molar-refractivity contribution < 1.29 is 19.1 Å². The number of ketones is 2. The van der Waals surface area contributed by atoms with E-state index in [0.717, 1.165) is 16.7 Å². The maximum absolute atomic E-state index is 13.5. The maximum Gasteiger partial charge on any atom is 0.174 e. The molecule has 1 aliphatic heterocycles. The lowest BCUT2D eigenvalue weighted by Crippen LogP contribution is -2.41. The second-order valence-corrected chi connectivity index (χ2v) is 8.48. The normalized spacial score (nSPS) is 20.0. The third kappa shape index (κ3) is 4.18. The topological polar surface area (TPSA) is 52.6 Å². The molecule has 1 aliphatic carbocycles. The van der Waals surface area contributed by atoms with Crippen LogP contribution < -0.4 is 0 Å². The van der Waals surface area contributed by atoms with Crippen LogP contribution in [0.5, 0.6) is 0 Å². The minimum Gasteiger partial charge on any atom is -0.496 e. The van der Waals surface area contributed by atoms with Gasteiger partial charge in [-0.05, 0) is 46.1 Å². The number of benzene rings is 1. The maximum atomic E-state index is 13.5. The van der Waals surface area contributed by atoms with Gasteiger partial charge in [-0.15, -0.1) is 0 Å². The first-order valence-corrected chi connectivity index (χ1v) is 10.3. The largest absolute Gasteiger partial charge is 0.496 e. The number of rotatable bonds is 6. The predicted molar refractivity (Wildman–Crippen MR) is 118 cm³/mol. The summed E-state index contributed by atoms with van der Waals surface area (Å²) in [6, 6.07) is 9.70. The summed E-state index contributed by atoms with van der Waals surface area (Å²) in [7, 11) is 1.49. The van der Waals surface area contributed by atoms with E-state index in [1.165, 1.54) is 13.2 Å². The van der Waals surface area contributed by atoms with Crippen molar-refractivity contribution in [3.63, 3.8) is 0 Å². The number of allylic oxidation sites excluding steroid dienone is 7. The fourth-order valence-corrected chi connectivity index (χ4v) is 3.92. The Labute approximate surface area is 179 Å². The first-order valence-electron chi connectivity index (χ1n) is 10.3. The van der Waals surface area contributed by atoms with Crippen molar-refractivity contribution in [2.75, 3.05) is 7.11 Å². The molecular formula is C26H30O4. The molecule has 1 aromatic carbocycles. The van der Waals surface area contributed by atoms with E-state index in [4.69, 9.17) is 9.47 Å². The van der Waals surface area contributed by atoms with Gasteiger partial charge in [0.25, 0.3) is 0 Å². The van der Waals surface area contributed by atoms with Crippen LogP contribution in [0, 0.1) is 5.41 Å². The monoisotopic (exact) mass is 406 g/mol.